The summed E-state index contributed by atoms with van der Waals surface area (Å²) in [5, 5.41) is 7.25. The van der Waals surface area contributed by atoms with E-state index in [1.807, 2.05) is 4.90 Å². The van der Waals surface area contributed by atoms with Crippen LogP contribution in [-0.4, -0.2) is 68.6 Å². The predicted molar refractivity (Wildman–Crippen MR) is 130 cm³/mol. The summed E-state index contributed by atoms with van der Waals surface area (Å²) in [7, 11) is 0. The molecule has 2 aliphatic heterocycles. The number of hydrogen-bond donors (Lipinski definition) is 1. The summed E-state index contributed by atoms with van der Waals surface area (Å²) in [4.78, 5) is 34.9. The highest BCUT2D eigenvalue weighted by Crippen LogP contribution is 2.33. The van der Waals surface area contributed by atoms with Crippen molar-refractivity contribution < 1.29 is 18.4 Å². The van der Waals surface area contributed by atoms with Gasteiger partial charge in [0.15, 0.2) is 16.5 Å². The van der Waals surface area contributed by atoms with Crippen LogP contribution in [0.25, 0.3) is 16.0 Å². The van der Waals surface area contributed by atoms with Gasteiger partial charge in [0.05, 0.1) is 5.56 Å². The topological polar surface area (TPSA) is 83.4 Å². The summed E-state index contributed by atoms with van der Waals surface area (Å²) in [5.41, 5.74) is 0.931. The van der Waals surface area contributed by atoms with Gasteiger partial charge < -0.3 is 9.80 Å². The highest BCUT2D eigenvalue weighted by atomic mass is 32.1. The monoisotopic (exact) mass is 500 g/mol. The molecule has 4 heterocycles. The molecular formula is C24H26F2N6O2S. The number of hydrogen-bond acceptors (Lipinski definition) is 6. The number of amides is 2. The third-order valence-corrected chi connectivity index (χ3v) is 7.46. The quantitative estimate of drug-likeness (QED) is 0.548. The van der Waals surface area contributed by atoms with E-state index in [-0.39, 0.29) is 28.3 Å². The van der Waals surface area contributed by atoms with Gasteiger partial charge in [-0.3, -0.25) is 14.9 Å². The predicted octanol–water partition coefficient (Wildman–Crippen LogP) is 4.21. The van der Waals surface area contributed by atoms with Crippen molar-refractivity contribution in [3.05, 3.63) is 47.7 Å². The first-order valence-corrected chi connectivity index (χ1v) is 12.5. The molecule has 3 aromatic rings. The number of carbonyl (C=O) groups excluding carboxylic acids is 2. The van der Waals surface area contributed by atoms with Gasteiger partial charge in [0.1, 0.15) is 16.3 Å². The molecule has 0 bridgehead atoms. The summed E-state index contributed by atoms with van der Waals surface area (Å²) in [6.07, 6.45) is 4.30. The van der Waals surface area contributed by atoms with E-state index in [2.05, 4.69) is 26.9 Å². The molecule has 1 N–H and O–H groups in total. The van der Waals surface area contributed by atoms with Crippen LogP contribution >= 0.6 is 11.3 Å². The fourth-order valence-corrected chi connectivity index (χ4v) is 5.71. The summed E-state index contributed by atoms with van der Waals surface area (Å²) in [5.74, 6) is -2.66. The Labute approximate surface area is 205 Å². The zero-order valence-corrected chi connectivity index (χ0v) is 20.2. The fourth-order valence-electron chi connectivity index (χ4n) is 4.79. The van der Waals surface area contributed by atoms with E-state index in [0.29, 0.717) is 28.7 Å². The SMILES string of the molecule is C=C(C)n1nc(C(=O)N2CCC[C@H]2CN2CCCC2)c2sc(NC(=O)c3ccc(F)cc3F)nc21. The zero-order valence-electron chi connectivity index (χ0n) is 19.4. The standard InChI is InChI=1S/C24H26F2N6O2S/c1-14(2)32-21-20(35-24(27-21)28-22(33)17-8-7-15(25)12-18(17)26)19(29-32)23(34)31-11-5-6-16(31)13-30-9-3-4-10-30/h7-8,12,16H,1,3-6,9-11,13H2,2H3,(H,27,28,33)/t16-/m0/s1. The van der Waals surface area contributed by atoms with Crippen LogP contribution in [0, 0.1) is 11.6 Å². The van der Waals surface area contributed by atoms with E-state index >= 15 is 0 Å². The largest absolute Gasteiger partial charge is 0.333 e. The number of likely N-dealkylation sites (tertiary alicyclic amines) is 2. The van der Waals surface area contributed by atoms with Crippen LogP contribution in [0.1, 0.15) is 53.5 Å². The third-order valence-electron chi connectivity index (χ3n) is 6.49. The molecule has 2 fully saturated rings. The maximum absolute atomic E-state index is 14.0. The fraction of sp³-hybridized carbons (Fsp3) is 0.417. The molecule has 1 atom stereocenters. The molecule has 0 spiro atoms. The van der Waals surface area contributed by atoms with E-state index in [1.165, 1.54) is 17.5 Å². The highest BCUT2D eigenvalue weighted by molar-refractivity contribution is 7.22. The van der Waals surface area contributed by atoms with Gasteiger partial charge in [-0.05, 0) is 57.8 Å². The first kappa shape index (κ1) is 23.6. The number of fused-ring (bicyclic) bond motifs is 1. The van der Waals surface area contributed by atoms with Crippen molar-refractivity contribution in [3.8, 4) is 0 Å². The second-order valence-corrected chi connectivity index (χ2v) is 10.0. The van der Waals surface area contributed by atoms with Gasteiger partial charge in [0.25, 0.3) is 11.8 Å². The van der Waals surface area contributed by atoms with Crippen LogP contribution in [0.5, 0.6) is 0 Å². The molecule has 0 radical (unpaired) electrons. The molecule has 35 heavy (non-hydrogen) atoms. The van der Waals surface area contributed by atoms with Crippen molar-refractivity contribution in [3.63, 3.8) is 0 Å². The number of nitrogens with zero attached hydrogens (tertiary/aromatic N) is 5. The van der Waals surface area contributed by atoms with E-state index in [1.54, 1.807) is 6.92 Å². The second-order valence-electron chi connectivity index (χ2n) is 9.05. The Hall–Kier alpha value is -3.18. The third kappa shape index (κ3) is 4.57. The van der Waals surface area contributed by atoms with Crippen molar-refractivity contribution in [1.29, 1.82) is 0 Å². The van der Waals surface area contributed by atoms with Crippen LogP contribution in [0.4, 0.5) is 13.9 Å². The van der Waals surface area contributed by atoms with Gasteiger partial charge in [-0.25, -0.2) is 13.5 Å². The van der Waals surface area contributed by atoms with Crippen LogP contribution in [0.3, 0.4) is 0 Å². The number of halogens is 2. The molecule has 0 unspecified atom stereocenters. The number of benzene rings is 1. The molecule has 2 saturated heterocycles. The van der Waals surface area contributed by atoms with Crippen LogP contribution in [0.2, 0.25) is 0 Å². The lowest BCUT2D eigenvalue weighted by Gasteiger charge is -2.28. The second kappa shape index (κ2) is 9.46. The number of aromatic nitrogens is 3. The molecule has 5 rings (SSSR count). The number of carbonyl (C=O) groups is 2. The Bertz CT molecular complexity index is 1310. The molecule has 0 aliphatic carbocycles. The van der Waals surface area contributed by atoms with Gasteiger partial charge in [-0.2, -0.15) is 10.1 Å². The van der Waals surface area contributed by atoms with E-state index < -0.39 is 17.5 Å². The minimum atomic E-state index is -0.967. The van der Waals surface area contributed by atoms with Gasteiger partial charge in [0, 0.05) is 30.9 Å². The van der Waals surface area contributed by atoms with Gasteiger partial charge in [-0.15, -0.1) is 0 Å². The number of allylic oxidation sites excluding steroid dienone is 1. The number of thiazole rings is 1. The maximum Gasteiger partial charge on any atom is 0.276 e. The molecule has 184 valence electrons. The molecule has 1 aromatic carbocycles. The molecule has 0 saturated carbocycles. The minimum Gasteiger partial charge on any atom is -0.333 e. The van der Waals surface area contributed by atoms with Crippen molar-refractivity contribution in [2.45, 2.75) is 38.6 Å². The van der Waals surface area contributed by atoms with Crippen LogP contribution in [0.15, 0.2) is 24.8 Å². The number of nitrogens with one attached hydrogen (secondary N) is 1. The van der Waals surface area contributed by atoms with Crippen molar-refractivity contribution >= 4 is 44.3 Å². The maximum atomic E-state index is 14.0. The minimum absolute atomic E-state index is 0.138. The van der Waals surface area contributed by atoms with E-state index in [0.717, 1.165) is 55.9 Å². The van der Waals surface area contributed by atoms with Gasteiger partial charge in [0.2, 0.25) is 0 Å². The molecule has 2 aliphatic rings. The van der Waals surface area contributed by atoms with Crippen molar-refractivity contribution in [2.75, 3.05) is 31.5 Å². The molecule has 8 nitrogen and oxygen atoms in total. The van der Waals surface area contributed by atoms with Gasteiger partial charge in [-0.1, -0.05) is 17.9 Å². The smallest absolute Gasteiger partial charge is 0.276 e. The van der Waals surface area contributed by atoms with Gasteiger partial charge >= 0.3 is 0 Å². The normalized spacial score (nSPS) is 18.5. The lowest BCUT2D eigenvalue weighted by atomic mass is 10.2. The Morgan fingerprint density at radius 1 is 1.20 bits per heavy atom. The zero-order chi connectivity index (χ0) is 24.7. The van der Waals surface area contributed by atoms with Crippen molar-refractivity contribution in [1.82, 2.24) is 24.6 Å². The Morgan fingerprint density at radius 2 is 1.97 bits per heavy atom. The lowest BCUT2D eigenvalue weighted by Crippen LogP contribution is -2.42. The Balaban J connectivity index is 1.43. The molecule has 11 heteroatoms. The highest BCUT2D eigenvalue weighted by Gasteiger charge is 2.34. The summed E-state index contributed by atoms with van der Waals surface area (Å²) < 4.78 is 29.3. The van der Waals surface area contributed by atoms with Crippen molar-refractivity contribution in [2.24, 2.45) is 0 Å². The number of anilines is 1. The Kier molecular flexibility index (Phi) is 6.37. The Morgan fingerprint density at radius 3 is 2.69 bits per heavy atom. The first-order chi connectivity index (χ1) is 16.8. The van der Waals surface area contributed by atoms with E-state index in [9.17, 15) is 18.4 Å². The van der Waals surface area contributed by atoms with Crippen LogP contribution < -0.4 is 5.32 Å². The summed E-state index contributed by atoms with van der Waals surface area (Å²) in [6.45, 7) is 9.35. The van der Waals surface area contributed by atoms with Crippen LogP contribution in [-0.2, 0) is 0 Å². The summed E-state index contributed by atoms with van der Waals surface area (Å²) in [6, 6.07) is 2.88. The average Bonchev–Trinajstić information content (AvgIpc) is 3.58. The van der Waals surface area contributed by atoms with E-state index in [4.69, 9.17) is 0 Å². The summed E-state index contributed by atoms with van der Waals surface area (Å²) >= 11 is 1.09. The average molecular weight is 501 g/mol. The number of rotatable bonds is 6. The molecule has 2 amide bonds. The lowest BCUT2D eigenvalue weighted by molar-refractivity contribution is 0.0704. The molecule has 2 aromatic heterocycles. The molecular weight excluding hydrogens is 474 g/mol. The first-order valence-electron chi connectivity index (χ1n) is 11.7.